The molecule has 2 rings (SSSR count). The lowest BCUT2D eigenvalue weighted by Gasteiger charge is -2.13. The summed E-state index contributed by atoms with van der Waals surface area (Å²) in [5.41, 5.74) is 2.26. The van der Waals surface area contributed by atoms with Crippen molar-refractivity contribution < 1.29 is 4.21 Å². The molecule has 1 aromatic carbocycles. The number of benzene rings is 1. The van der Waals surface area contributed by atoms with E-state index in [0.29, 0.717) is 5.75 Å². The molecule has 0 spiro atoms. The van der Waals surface area contributed by atoms with Crippen molar-refractivity contribution in [3.05, 3.63) is 45.9 Å². The number of rotatable bonds is 5. The van der Waals surface area contributed by atoms with E-state index in [9.17, 15) is 4.21 Å². The van der Waals surface area contributed by atoms with Gasteiger partial charge in [0, 0.05) is 45.0 Å². The van der Waals surface area contributed by atoms with Crippen LogP contribution in [0, 0.1) is 0 Å². The first-order chi connectivity index (χ1) is 9.84. The molecule has 1 heterocycles. The van der Waals surface area contributed by atoms with E-state index in [1.54, 1.807) is 17.6 Å². The maximum Gasteiger partial charge on any atom is 0.0981 e. The standard InChI is InChI=1S/C16H22N2OS2/c1-16(2,3)15-18-10-14(20-15)9-17-13-7-5-6-12(8-13)11-21(4)19/h5-8,10,17H,9,11H2,1-4H3/t21-/m1/s1. The van der Waals surface area contributed by atoms with Crippen LogP contribution in [0.3, 0.4) is 0 Å². The second-order valence-corrected chi connectivity index (χ2v) is 8.70. The average molecular weight is 322 g/mol. The lowest BCUT2D eigenvalue weighted by atomic mass is 9.98. The van der Waals surface area contributed by atoms with E-state index in [2.05, 4.69) is 37.1 Å². The van der Waals surface area contributed by atoms with Crippen LogP contribution in [0.2, 0.25) is 0 Å². The van der Waals surface area contributed by atoms with Crippen LogP contribution in [-0.4, -0.2) is 15.4 Å². The first kappa shape index (κ1) is 16.2. The Kier molecular flexibility index (Phi) is 5.17. The van der Waals surface area contributed by atoms with Crippen LogP contribution in [-0.2, 0) is 28.5 Å². The maximum absolute atomic E-state index is 11.3. The zero-order chi connectivity index (χ0) is 15.5. The van der Waals surface area contributed by atoms with E-state index >= 15 is 0 Å². The van der Waals surface area contributed by atoms with Crippen LogP contribution in [0.5, 0.6) is 0 Å². The van der Waals surface area contributed by atoms with Crippen molar-refractivity contribution in [1.82, 2.24) is 4.98 Å². The molecule has 0 aliphatic heterocycles. The van der Waals surface area contributed by atoms with Crippen LogP contribution in [0.4, 0.5) is 5.69 Å². The predicted octanol–water partition coefficient (Wildman–Crippen LogP) is 3.93. The Balaban J connectivity index is 2.00. The van der Waals surface area contributed by atoms with Crippen molar-refractivity contribution in [3.8, 4) is 0 Å². The summed E-state index contributed by atoms with van der Waals surface area (Å²) >= 11 is 1.75. The molecule has 0 saturated carbocycles. The number of anilines is 1. The zero-order valence-electron chi connectivity index (χ0n) is 13.0. The van der Waals surface area contributed by atoms with Gasteiger partial charge in [-0.25, -0.2) is 4.98 Å². The highest BCUT2D eigenvalue weighted by Crippen LogP contribution is 2.27. The predicted molar refractivity (Wildman–Crippen MR) is 92.4 cm³/mol. The summed E-state index contributed by atoms with van der Waals surface area (Å²) < 4.78 is 11.3. The molecule has 1 N–H and O–H groups in total. The molecule has 0 saturated heterocycles. The lowest BCUT2D eigenvalue weighted by Crippen LogP contribution is -2.09. The van der Waals surface area contributed by atoms with Crippen molar-refractivity contribution in [2.45, 2.75) is 38.5 Å². The molecule has 0 aliphatic carbocycles. The Morgan fingerprint density at radius 3 is 2.71 bits per heavy atom. The Morgan fingerprint density at radius 2 is 2.10 bits per heavy atom. The Bertz CT molecular complexity index is 629. The van der Waals surface area contributed by atoms with Gasteiger partial charge in [0.05, 0.1) is 11.6 Å². The summed E-state index contributed by atoms with van der Waals surface area (Å²) in [6.07, 6.45) is 3.68. The minimum Gasteiger partial charge on any atom is -0.380 e. The van der Waals surface area contributed by atoms with Gasteiger partial charge >= 0.3 is 0 Å². The molecule has 2 aromatic rings. The van der Waals surface area contributed by atoms with Gasteiger partial charge in [-0.1, -0.05) is 32.9 Å². The highest BCUT2D eigenvalue weighted by atomic mass is 32.2. The fourth-order valence-corrected chi connectivity index (χ4v) is 3.49. The van der Waals surface area contributed by atoms with Gasteiger partial charge in [0.15, 0.2) is 0 Å². The molecule has 0 amide bonds. The molecule has 0 fully saturated rings. The summed E-state index contributed by atoms with van der Waals surface area (Å²) in [7, 11) is -0.807. The minimum atomic E-state index is -0.807. The molecular weight excluding hydrogens is 300 g/mol. The Hall–Kier alpha value is -1.20. The monoisotopic (exact) mass is 322 g/mol. The van der Waals surface area contributed by atoms with E-state index in [1.165, 1.54) is 4.88 Å². The van der Waals surface area contributed by atoms with Gasteiger partial charge in [-0.05, 0) is 17.7 Å². The molecule has 21 heavy (non-hydrogen) atoms. The Morgan fingerprint density at radius 1 is 1.33 bits per heavy atom. The summed E-state index contributed by atoms with van der Waals surface area (Å²) in [6.45, 7) is 7.30. The van der Waals surface area contributed by atoms with Crippen molar-refractivity contribution in [1.29, 1.82) is 0 Å². The first-order valence-electron chi connectivity index (χ1n) is 6.92. The normalized spacial score (nSPS) is 13.1. The molecule has 1 aromatic heterocycles. The largest absolute Gasteiger partial charge is 0.380 e. The van der Waals surface area contributed by atoms with E-state index in [1.807, 2.05) is 24.4 Å². The molecule has 5 heteroatoms. The quantitative estimate of drug-likeness (QED) is 0.907. The summed E-state index contributed by atoms with van der Waals surface area (Å²) in [5, 5.41) is 4.57. The van der Waals surface area contributed by atoms with E-state index in [-0.39, 0.29) is 5.41 Å². The average Bonchev–Trinajstić information content (AvgIpc) is 2.84. The summed E-state index contributed by atoms with van der Waals surface area (Å²) in [4.78, 5) is 5.72. The van der Waals surface area contributed by atoms with Crippen molar-refractivity contribution >= 4 is 27.8 Å². The van der Waals surface area contributed by atoms with Crippen LogP contribution in [0.15, 0.2) is 30.5 Å². The highest BCUT2D eigenvalue weighted by Gasteiger charge is 2.17. The van der Waals surface area contributed by atoms with Gasteiger partial charge in [-0.2, -0.15) is 0 Å². The minimum absolute atomic E-state index is 0.105. The van der Waals surface area contributed by atoms with Crippen molar-refractivity contribution in [2.24, 2.45) is 0 Å². The molecule has 0 radical (unpaired) electrons. The first-order valence-corrected chi connectivity index (χ1v) is 9.47. The van der Waals surface area contributed by atoms with Crippen LogP contribution in [0.25, 0.3) is 0 Å². The molecule has 0 bridgehead atoms. The second-order valence-electron chi connectivity index (χ2n) is 6.15. The van der Waals surface area contributed by atoms with Crippen molar-refractivity contribution in [2.75, 3.05) is 11.6 Å². The summed E-state index contributed by atoms with van der Waals surface area (Å²) in [5.74, 6) is 0.601. The van der Waals surface area contributed by atoms with Crippen LogP contribution < -0.4 is 5.32 Å². The number of hydrogen-bond acceptors (Lipinski definition) is 4. The van der Waals surface area contributed by atoms with Gasteiger partial charge < -0.3 is 5.32 Å². The smallest absolute Gasteiger partial charge is 0.0981 e. The van der Waals surface area contributed by atoms with E-state index in [4.69, 9.17) is 0 Å². The number of nitrogens with zero attached hydrogens (tertiary/aromatic N) is 1. The molecule has 114 valence electrons. The second kappa shape index (κ2) is 6.71. The topological polar surface area (TPSA) is 42.0 Å². The van der Waals surface area contributed by atoms with Gasteiger partial charge in [0.1, 0.15) is 0 Å². The molecule has 3 nitrogen and oxygen atoms in total. The SMILES string of the molecule is C[S@@](=O)Cc1cccc(NCc2cnc(C(C)(C)C)s2)c1. The molecule has 0 aliphatic rings. The zero-order valence-corrected chi connectivity index (χ0v) is 14.6. The summed E-state index contributed by atoms with van der Waals surface area (Å²) in [6, 6.07) is 8.11. The molecular formula is C16H22N2OS2. The highest BCUT2D eigenvalue weighted by molar-refractivity contribution is 7.83. The van der Waals surface area contributed by atoms with Crippen LogP contribution >= 0.6 is 11.3 Å². The fourth-order valence-electron chi connectivity index (χ4n) is 1.93. The lowest BCUT2D eigenvalue weighted by molar-refractivity contribution is 0.585. The number of nitrogens with one attached hydrogen (secondary N) is 1. The van der Waals surface area contributed by atoms with Gasteiger partial charge in [-0.3, -0.25) is 4.21 Å². The molecule has 1 atom stereocenters. The maximum atomic E-state index is 11.3. The molecule has 0 unspecified atom stereocenters. The van der Waals surface area contributed by atoms with Crippen LogP contribution in [0.1, 0.15) is 36.2 Å². The van der Waals surface area contributed by atoms with Gasteiger partial charge in [0.25, 0.3) is 0 Å². The third kappa shape index (κ3) is 4.93. The third-order valence-corrected chi connectivity index (χ3v) is 5.12. The number of thiazole rings is 1. The van der Waals surface area contributed by atoms with E-state index in [0.717, 1.165) is 22.8 Å². The van der Waals surface area contributed by atoms with Gasteiger partial charge in [-0.15, -0.1) is 11.3 Å². The third-order valence-electron chi connectivity index (χ3n) is 2.96. The number of hydrogen-bond donors (Lipinski definition) is 1. The number of aromatic nitrogens is 1. The fraction of sp³-hybridized carbons (Fsp3) is 0.438. The Labute approximate surface area is 133 Å². The van der Waals surface area contributed by atoms with E-state index < -0.39 is 10.8 Å². The van der Waals surface area contributed by atoms with Crippen molar-refractivity contribution in [3.63, 3.8) is 0 Å². The van der Waals surface area contributed by atoms with Gasteiger partial charge in [0.2, 0.25) is 0 Å².